The molecule has 29 heavy (non-hydrogen) atoms. The number of aromatic nitrogens is 2. The van der Waals surface area contributed by atoms with Crippen molar-refractivity contribution in [1.82, 2.24) is 15.1 Å². The minimum Gasteiger partial charge on any atom is -0.312 e. The molecule has 0 saturated carbocycles. The maximum absolute atomic E-state index is 13.3. The molecule has 6 nitrogen and oxygen atoms in total. The van der Waals surface area contributed by atoms with Gasteiger partial charge >= 0.3 is 0 Å². The van der Waals surface area contributed by atoms with Crippen molar-refractivity contribution in [2.75, 3.05) is 12.8 Å². The van der Waals surface area contributed by atoms with Crippen molar-refractivity contribution in [3.8, 4) is 11.3 Å². The molecule has 0 amide bonds. The first-order valence-electron chi connectivity index (χ1n) is 9.28. The third-order valence-corrected chi connectivity index (χ3v) is 4.73. The van der Waals surface area contributed by atoms with Crippen molar-refractivity contribution in [1.29, 1.82) is 0 Å². The Morgan fingerprint density at radius 1 is 1.14 bits per heavy atom. The summed E-state index contributed by atoms with van der Waals surface area (Å²) in [7, 11) is -3.67. The van der Waals surface area contributed by atoms with Crippen LogP contribution in [0.4, 0.5) is 4.39 Å². The molecule has 2 heterocycles. The van der Waals surface area contributed by atoms with Gasteiger partial charge in [0.2, 0.25) is 0 Å². The summed E-state index contributed by atoms with van der Waals surface area (Å²) in [6.45, 7) is 3.95. The van der Waals surface area contributed by atoms with Gasteiger partial charge in [-0.15, -0.1) is 0 Å². The molecule has 0 saturated heterocycles. The number of hydrogen-bond donors (Lipinski definition) is 2. The van der Waals surface area contributed by atoms with E-state index in [4.69, 9.17) is 9.65 Å². The molecular weight excluding hydrogens is 393 g/mol. The first-order valence-corrected chi connectivity index (χ1v) is 11.1. The summed E-state index contributed by atoms with van der Waals surface area (Å²) in [6, 6.07) is 17.2. The molecule has 0 radical (unpaired) electrons. The monoisotopic (exact) mass is 417 g/mol. The van der Waals surface area contributed by atoms with Crippen molar-refractivity contribution in [3.05, 3.63) is 77.2 Å². The van der Waals surface area contributed by atoms with Crippen molar-refractivity contribution < 1.29 is 17.4 Å². The Labute approximate surface area is 170 Å². The lowest BCUT2D eigenvalue weighted by Gasteiger charge is -2.20. The molecule has 4 rings (SSSR count). The summed E-state index contributed by atoms with van der Waals surface area (Å²) in [6.07, 6.45) is 1.67. The van der Waals surface area contributed by atoms with Crippen LogP contribution in [0.3, 0.4) is 0 Å². The highest BCUT2D eigenvalue weighted by atomic mass is 32.2. The molecule has 1 atom stereocenters. The Balaban J connectivity index is 0.000000431. The fourth-order valence-corrected chi connectivity index (χ4v) is 3.41. The molecule has 1 aliphatic heterocycles. The number of rotatable bonds is 3. The summed E-state index contributed by atoms with van der Waals surface area (Å²) in [5, 5.41) is 8.35. The predicted molar refractivity (Wildman–Crippen MR) is 111 cm³/mol. The second-order valence-corrected chi connectivity index (χ2v) is 8.44. The smallest absolute Gasteiger partial charge is 0.261 e. The Morgan fingerprint density at radius 3 is 2.38 bits per heavy atom. The van der Waals surface area contributed by atoms with Gasteiger partial charge in [-0.1, -0.05) is 30.3 Å². The molecule has 1 unspecified atom stereocenters. The molecule has 154 valence electrons. The average Bonchev–Trinajstić information content (AvgIpc) is 3.07. The molecule has 3 aromatic rings. The van der Waals surface area contributed by atoms with E-state index in [0.717, 1.165) is 30.8 Å². The molecule has 8 heteroatoms. The van der Waals surface area contributed by atoms with Gasteiger partial charge in [-0.3, -0.25) is 9.23 Å². The van der Waals surface area contributed by atoms with E-state index in [-0.39, 0.29) is 11.9 Å². The van der Waals surface area contributed by atoms with Crippen LogP contribution in [0.2, 0.25) is 0 Å². The molecule has 2 N–H and O–H groups in total. The van der Waals surface area contributed by atoms with Crippen molar-refractivity contribution in [2.24, 2.45) is 0 Å². The van der Waals surface area contributed by atoms with Crippen LogP contribution < -0.4 is 5.32 Å². The molecular formula is C21H24FN3O3S. The third kappa shape index (κ3) is 5.50. The van der Waals surface area contributed by atoms with E-state index in [1.54, 1.807) is 0 Å². The first kappa shape index (κ1) is 21.2. The van der Waals surface area contributed by atoms with Gasteiger partial charge in [0.15, 0.2) is 0 Å². The van der Waals surface area contributed by atoms with Gasteiger partial charge in [0.1, 0.15) is 5.82 Å². The Morgan fingerprint density at radius 2 is 1.76 bits per heavy atom. The summed E-state index contributed by atoms with van der Waals surface area (Å²) in [4.78, 5) is 0. The topological polar surface area (TPSA) is 84.2 Å². The van der Waals surface area contributed by atoms with E-state index in [0.29, 0.717) is 6.26 Å². The minimum absolute atomic E-state index is 0.173. The number of benzene rings is 2. The Bertz CT molecular complexity index is 1060. The molecule has 2 aromatic carbocycles. The largest absolute Gasteiger partial charge is 0.312 e. The third-order valence-electron chi connectivity index (χ3n) is 4.73. The van der Waals surface area contributed by atoms with Crippen LogP contribution in [0.5, 0.6) is 0 Å². The standard InChI is InChI=1S/C20H20FN3.CH4O3S/c1-14(15-5-3-2-4-6-15)24-19-11-12-22-13-18(19)20(23-24)16-7-9-17(21)10-8-16;1-5(2,3)4/h2-10,14,22H,11-13H2,1H3;1H3,(H,2,3,4). The lowest BCUT2D eigenvalue weighted by atomic mass is 10.0. The van der Waals surface area contributed by atoms with Gasteiger partial charge in [0, 0.05) is 36.3 Å². The molecule has 0 spiro atoms. The van der Waals surface area contributed by atoms with Crippen LogP contribution in [-0.4, -0.2) is 35.6 Å². The SMILES string of the molecule is CC(c1ccccc1)n1nc(-c2ccc(F)cc2)c2c1CCNC2.CS(=O)(=O)O. The molecule has 0 bridgehead atoms. The fourth-order valence-electron chi connectivity index (χ4n) is 3.41. The first-order chi connectivity index (χ1) is 13.7. The maximum Gasteiger partial charge on any atom is 0.261 e. The Kier molecular flexibility index (Phi) is 6.46. The van der Waals surface area contributed by atoms with Gasteiger partial charge in [0.05, 0.1) is 18.0 Å². The zero-order chi connectivity index (χ0) is 21.0. The average molecular weight is 418 g/mol. The number of nitrogens with zero attached hydrogens (tertiary/aromatic N) is 2. The van der Waals surface area contributed by atoms with Crippen LogP contribution in [0.1, 0.15) is 29.8 Å². The number of fused-ring (bicyclic) bond motifs is 1. The van der Waals surface area contributed by atoms with Gasteiger partial charge in [-0.05, 0) is 36.8 Å². The number of hydrogen-bond acceptors (Lipinski definition) is 4. The molecule has 0 aliphatic carbocycles. The lowest BCUT2D eigenvalue weighted by Crippen LogP contribution is -2.25. The van der Waals surface area contributed by atoms with E-state index in [1.807, 2.05) is 18.2 Å². The lowest BCUT2D eigenvalue weighted by molar-refractivity contribution is 0.490. The van der Waals surface area contributed by atoms with E-state index >= 15 is 0 Å². The molecule has 1 aromatic heterocycles. The van der Waals surface area contributed by atoms with Crippen molar-refractivity contribution >= 4 is 10.1 Å². The summed E-state index contributed by atoms with van der Waals surface area (Å²) in [5.41, 5.74) is 5.68. The summed E-state index contributed by atoms with van der Waals surface area (Å²) >= 11 is 0. The van der Waals surface area contributed by atoms with Gasteiger partial charge in [0.25, 0.3) is 10.1 Å². The minimum atomic E-state index is -3.67. The normalized spacial score (nSPS) is 14.5. The van der Waals surface area contributed by atoms with Crippen LogP contribution in [-0.2, 0) is 23.1 Å². The van der Waals surface area contributed by atoms with E-state index in [1.165, 1.54) is 29.0 Å². The Hall–Kier alpha value is -2.55. The van der Waals surface area contributed by atoms with E-state index in [9.17, 15) is 12.8 Å². The second-order valence-electron chi connectivity index (χ2n) is 6.97. The van der Waals surface area contributed by atoms with Crippen molar-refractivity contribution in [3.63, 3.8) is 0 Å². The highest BCUT2D eigenvalue weighted by molar-refractivity contribution is 7.85. The van der Waals surface area contributed by atoms with Gasteiger partial charge < -0.3 is 5.32 Å². The zero-order valence-corrected chi connectivity index (χ0v) is 17.2. The zero-order valence-electron chi connectivity index (χ0n) is 16.3. The van der Waals surface area contributed by atoms with Crippen LogP contribution in [0, 0.1) is 5.82 Å². The second kappa shape index (κ2) is 8.86. The maximum atomic E-state index is 13.3. The van der Waals surface area contributed by atoms with Crippen LogP contribution in [0.15, 0.2) is 54.6 Å². The van der Waals surface area contributed by atoms with E-state index in [2.05, 4.69) is 41.2 Å². The number of nitrogens with one attached hydrogen (secondary N) is 1. The van der Waals surface area contributed by atoms with Gasteiger partial charge in [-0.25, -0.2) is 4.39 Å². The quantitative estimate of drug-likeness (QED) is 0.638. The van der Waals surface area contributed by atoms with Gasteiger partial charge in [-0.2, -0.15) is 13.5 Å². The predicted octanol–water partition coefficient (Wildman–Crippen LogP) is 3.45. The van der Waals surface area contributed by atoms with E-state index < -0.39 is 10.1 Å². The van der Waals surface area contributed by atoms with Crippen LogP contribution >= 0.6 is 0 Å². The summed E-state index contributed by atoms with van der Waals surface area (Å²) in [5.74, 6) is -0.220. The van der Waals surface area contributed by atoms with Crippen molar-refractivity contribution in [2.45, 2.75) is 25.9 Å². The van der Waals surface area contributed by atoms with Crippen LogP contribution in [0.25, 0.3) is 11.3 Å². The number of halogens is 1. The molecule has 1 aliphatic rings. The molecule has 0 fully saturated rings. The highest BCUT2D eigenvalue weighted by Crippen LogP contribution is 2.31. The summed E-state index contributed by atoms with van der Waals surface area (Å²) < 4.78 is 41.3. The highest BCUT2D eigenvalue weighted by Gasteiger charge is 2.24. The fraction of sp³-hybridized carbons (Fsp3) is 0.286.